The second-order valence-corrected chi connectivity index (χ2v) is 7.44. The van der Waals surface area contributed by atoms with Crippen LogP contribution < -0.4 is 10.6 Å². The first kappa shape index (κ1) is 16.1. The smallest absolute Gasteiger partial charge is 0.366 e. The summed E-state index contributed by atoms with van der Waals surface area (Å²) in [5.74, 6) is -0.268. The van der Waals surface area contributed by atoms with Crippen LogP contribution in [-0.2, 0) is 22.6 Å². The minimum atomic E-state index is -4.50. The van der Waals surface area contributed by atoms with Crippen molar-refractivity contribution in [3.8, 4) is 0 Å². The first-order chi connectivity index (χ1) is 9.64. The largest absolute Gasteiger partial charge is 0.418 e. The van der Waals surface area contributed by atoms with Gasteiger partial charge in [0, 0.05) is 24.8 Å². The molecular weight excluding hydrogens is 305 g/mol. The number of nitrogens with two attached hydrogens (primary N) is 1. The quantitative estimate of drug-likeness (QED) is 0.902. The van der Waals surface area contributed by atoms with Crippen molar-refractivity contribution >= 4 is 15.5 Å². The fourth-order valence-electron chi connectivity index (χ4n) is 2.54. The summed E-state index contributed by atoms with van der Waals surface area (Å²) in [4.78, 5) is 1.50. The van der Waals surface area contributed by atoms with Crippen molar-refractivity contribution in [1.82, 2.24) is 0 Å². The minimum Gasteiger partial charge on any atom is -0.366 e. The summed E-state index contributed by atoms with van der Waals surface area (Å²) in [6.45, 7) is 1.70. The first-order valence-corrected chi connectivity index (χ1v) is 8.33. The van der Waals surface area contributed by atoms with Gasteiger partial charge in [-0.1, -0.05) is 6.07 Å². The lowest BCUT2D eigenvalue weighted by Gasteiger charge is -2.36. The van der Waals surface area contributed by atoms with Gasteiger partial charge in [0.15, 0.2) is 9.84 Å². The highest BCUT2D eigenvalue weighted by Gasteiger charge is 2.38. The highest BCUT2D eigenvalue weighted by atomic mass is 32.2. The van der Waals surface area contributed by atoms with Gasteiger partial charge in [-0.2, -0.15) is 13.2 Å². The lowest BCUT2D eigenvalue weighted by atomic mass is 10.1. The predicted molar refractivity (Wildman–Crippen MR) is 74.8 cm³/mol. The van der Waals surface area contributed by atoms with E-state index in [9.17, 15) is 21.6 Å². The molecule has 0 aliphatic carbocycles. The van der Waals surface area contributed by atoms with Crippen LogP contribution in [0, 0.1) is 0 Å². The Morgan fingerprint density at radius 1 is 1.38 bits per heavy atom. The van der Waals surface area contributed by atoms with Gasteiger partial charge >= 0.3 is 6.18 Å². The second kappa shape index (κ2) is 5.49. The van der Waals surface area contributed by atoms with Crippen LogP contribution in [0.4, 0.5) is 18.9 Å². The maximum Gasteiger partial charge on any atom is 0.418 e. The predicted octanol–water partition coefficient (Wildman–Crippen LogP) is 1.79. The Morgan fingerprint density at radius 2 is 2.05 bits per heavy atom. The molecule has 0 bridgehead atoms. The van der Waals surface area contributed by atoms with E-state index in [0.29, 0.717) is 5.56 Å². The Bertz CT molecular complexity index is 629. The Labute approximate surface area is 121 Å². The van der Waals surface area contributed by atoms with Crippen molar-refractivity contribution in [2.45, 2.75) is 25.7 Å². The molecule has 1 atom stereocenters. The second-order valence-electron chi connectivity index (χ2n) is 5.21. The van der Waals surface area contributed by atoms with Gasteiger partial charge in [-0.25, -0.2) is 8.42 Å². The minimum absolute atomic E-state index is 0.0158. The molecule has 118 valence electrons. The van der Waals surface area contributed by atoms with E-state index in [1.807, 2.05) is 0 Å². The van der Waals surface area contributed by atoms with E-state index in [-0.39, 0.29) is 30.3 Å². The molecule has 8 heteroatoms. The topological polar surface area (TPSA) is 63.4 Å². The molecule has 0 aromatic heterocycles. The summed E-state index contributed by atoms with van der Waals surface area (Å²) in [5, 5.41) is 0. The zero-order valence-electron chi connectivity index (χ0n) is 11.5. The molecule has 1 aliphatic heterocycles. The molecular formula is C13H17F3N2O2S. The van der Waals surface area contributed by atoms with Crippen LogP contribution in [0.1, 0.15) is 18.1 Å². The summed E-state index contributed by atoms with van der Waals surface area (Å²) in [7, 11) is -3.18. The highest BCUT2D eigenvalue weighted by Crippen LogP contribution is 2.38. The average Bonchev–Trinajstić information content (AvgIpc) is 2.36. The summed E-state index contributed by atoms with van der Waals surface area (Å²) in [6.07, 6.45) is -4.50. The SMILES string of the molecule is CC1CS(=O)(=O)CCN1c1ccc(CN)cc1C(F)(F)F. The summed E-state index contributed by atoms with van der Waals surface area (Å²) in [5.41, 5.74) is 5.03. The number of nitrogens with zero attached hydrogens (tertiary/aromatic N) is 1. The van der Waals surface area contributed by atoms with E-state index in [2.05, 4.69) is 0 Å². The van der Waals surface area contributed by atoms with E-state index >= 15 is 0 Å². The van der Waals surface area contributed by atoms with E-state index in [0.717, 1.165) is 6.07 Å². The number of sulfone groups is 1. The van der Waals surface area contributed by atoms with Crippen LogP contribution in [0.5, 0.6) is 0 Å². The lowest BCUT2D eigenvalue weighted by Crippen LogP contribution is -2.47. The van der Waals surface area contributed by atoms with Crippen LogP contribution in [0.15, 0.2) is 18.2 Å². The molecule has 1 fully saturated rings. The lowest BCUT2D eigenvalue weighted by molar-refractivity contribution is -0.137. The van der Waals surface area contributed by atoms with Crippen molar-refractivity contribution < 1.29 is 21.6 Å². The van der Waals surface area contributed by atoms with Crippen molar-refractivity contribution in [3.63, 3.8) is 0 Å². The Balaban J connectivity index is 2.44. The van der Waals surface area contributed by atoms with Crippen LogP contribution in [0.2, 0.25) is 0 Å². The first-order valence-electron chi connectivity index (χ1n) is 6.51. The Hall–Kier alpha value is -1.28. The molecule has 0 radical (unpaired) electrons. The number of benzene rings is 1. The van der Waals surface area contributed by atoms with E-state index in [4.69, 9.17) is 5.73 Å². The average molecular weight is 322 g/mol. The third kappa shape index (κ3) is 3.49. The van der Waals surface area contributed by atoms with Gasteiger partial charge in [0.25, 0.3) is 0 Å². The molecule has 1 aliphatic rings. The molecule has 1 aromatic carbocycles. The van der Waals surface area contributed by atoms with Crippen LogP contribution in [-0.4, -0.2) is 32.5 Å². The fraction of sp³-hybridized carbons (Fsp3) is 0.538. The molecule has 1 heterocycles. The van der Waals surface area contributed by atoms with Gasteiger partial charge in [-0.15, -0.1) is 0 Å². The third-order valence-electron chi connectivity index (χ3n) is 3.58. The van der Waals surface area contributed by atoms with Gasteiger partial charge in [-0.05, 0) is 24.6 Å². The molecule has 0 saturated carbocycles. The third-order valence-corrected chi connectivity index (χ3v) is 5.38. The van der Waals surface area contributed by atoms with Gasteiger partial charge in [-0.3, -0.25) is 0 Å². The Kier molecular flexibility index (Phi) is 4.21. The summed E-state index contributed by atoms with van der Waals surface area (Å²) in [6, 6.07) is 3.46. The zero-order chi connectivity index (χ0) is 15.8. The number of rotatable bonds is 2. The summed E-state index contributed by atoms with van der Waals surface area (Å²) >= 11 is 0. The molecule has 0 amide bonds. The molecule has 2 rings (SSSR count). The maximum absolute atomic E-state index is 13.2. The molecule has 4 nitrogen and oxygen atoms in total. The normalized spacial score (nSPS) is 22.3. The number of hydrogen-bond donors (Lipinski definition) is 1. The standard InChI is InChI=1S/C13H17F3N2O2S/c1-9-8-21(19,20)5-4-18(9)12-3-2-10(7-17)6-11(12)13(14,15)16/h2-3,6,9H,4-5,7-8,17H2,1H3. The van der Waals surface area contributed by atoms with E-state index < -0.39 is 27.6 Å². The molecule has 1 unspecified atom stereocenters. The monoisotopic (exact) mass is 322 g/mol. The molecule has 0 spiro atoms. The molecule has 1 aromatic rings. The van der Waals surface area contributed by atoms with E-state index in [1.165, 1.54) is 11.0 Å². The van der Waals surface area contributed by atoms with E-state index in [1.54, 1.807) is 13.0 Å². The maximum atomic E-state index is 13.2. The highest BCUT2D eigenvalue weighted by molar-refractivity contribution is 7.91. The van der Waals surface area contributed by atoms with Crippen LogP contribution >= 0.6 is 0 Å². The number of halogens is 3. The van der Waals surface area contributed by atoms with Crippen molar-refractivity contribution in [2.24, 2.45) is 5.73 Å². The van der Waals surface area contributed by atoms with Crippen molar-refractivity contribution in [1.29, 1.82) is 0 Å². The number of alkyl halides is 3. The van der Waals surface area contributed by atoms with Gasteiger partial charge < -0.3 is 10.6 Å². The number of hydrogen-bond acceptors (Lipinski definition) is 4. The fourth-order valence-corrected chi connectivity index (χ4v) is 4.10. The molecule has 2 N–H and O–H groups in total. The molecule has 21 heavy (non-hydrogen) atoms. The molecule has 1 saturated heterocycles. The summed E-state index contributed by atoms with van der Waals surface area (Å²) < 4.78 is 62.7. The Morgan fingerprint density at radius 3 is 2.57 bits per heavy atom. The van der Waals surface area contributed by atoms with Gasteiger partial charge in [0.2, 0.25) is 0 Å². The van der Waals surface area contributed by atoms with Crippen LogP contribution in [0.25, 0.3) is 0 Å². The van der Waals surface area contributed by atoms with Crippen molar-refractivity contribution in [2.75, 3.05) is 23.0 Å². The number of anilines is 1. The van der Waals surface area contributed by atoms with Crippen molar-refractivity contribution in [3.05, 3.63) is 29.3 Å². The zero-order valence-corrected chi connectivity index (χ0v) is 12.3. The van der Waals surface area contributed by atoms with Gasteiger partial charge in [0.05, 0.1) is 17.1 Å². The van der Waals surface area contributed by atoms with Gasteiger partial charge in [0.1, 0.15) is 0 Å². The van der Waals surface area contributed by atoms with Crippen LogP contribution in [0.3, 0.4) is 0 Å².